The van der Waals surface area contributed by atoms with Crippen LogP contribution in [-0.2, 0) is 6.54 Å². The van der Waals surface area contributed by atoms with Gasteiger partial charge in [0, 0.05) is 17.5 Å². The molecule has 0 aliphatic heterocycles. The molecule has 0 unspecified atom stereocenters. The van der Waals surface area contributed by atoms with Crippen LogP contribution >= 0.6 is 11.6 Å². The minimum atomic E-state index is 0.190. The molecular weight excluding hydrogens is 288 g/mol. The van der Waals surface area contributed by atoms with E-state index >= 15 is 0 Å². The van der Waals surface area contributed by atoms with Crippen LogP contribution in [0.4, 0.5) is 11.5 Å². The van der Waals surface area contributed by atoms with Gasteiger partial charge >= 0.3 is 0 Å². The molecule has 2 aromatic rings. The van der Waals surface area contributed by atoms with Gasteiger partial charge in [0.05, 0.1) is 7.11 Å². The van der Waals surface area contributed by atoms with Gasteiger partial charge in [0.25, 0.3) is 0 Å². The standard InChI is InChI=1S/C15H19ClN4O/c1-9(2)13-19-14(12(17)15(20-13)21-3)18-8-10-4-6-11(16)7-5-10/h4-7,9H,8,17H2,1-3H3,(H,18,19,20). The molecule has 0 aliphatic carbocycles. The number of nitrogens with one attached hydrogen (secondary N) is 1. The molecule has 112 valence electrons. The zero-order valence-electron chi connectivity index (χ0n) is 12.4. The predicted molar refractivity (Wildman–Crippen MR) is 85.9 cm³/mol. The van der Waals surface area contributed by atoms with Crippen molar-refractivity contribution in [3.05, 3.63) is 40.7 Å². The summed E-state index contributed by atoms with van der Waals surface area (Å²) in [6.07, 6.45) is 0. The highest BCUT2D eigenvalue weighted by Gasteiger charge is 2.14. The molecule has 1 aromatic heterocycles. The second kappa shape index (κ2) is 6.63. The van der Waals surface area contributed by atoms with E-state index in [9.17, 15) is 0 Å². The lowest BCUT2D eigenvalue weighted by Gasteiger charge is -2.14. The van der Waals surface area contributed by atoms with Gasteiger partial charge in [0.2, 0.25) is 5.88 Å². The number of hydrogen-bond acceptors (Lipinski definition) is 5. The smallest absolute Gasteiger partial charge is 0.242 e. The van der Waals surface area contributed by atoms with Crippen molar-refractivity contribution in [2.75, 3.05) is 18.2 Å². The zero-order valence-corrected chi connectivity index (χ0v) is 13.1. The van der Waals surface area contributed by atoms with Crippen LogP contribution in [0, 0.1) is 0 Å². The first-order valence-corrected chi connectivity index (χ1v) is 7.08. The normalized spacial score (nSPS) is 10.7. The lowest BCUT2D eigenvalue weighted by atomic mass is 10.2. The minimum Gasteiger partial charge on any atom is -0.479 e. The summed E-state index contributed by atoms with van der Waals surface area (Å²) in [5, 5.41) is 3.93. The second-order valence-corrected chi connectivity index (χ2v) is 5.42. The Labute approximate surface area is 129 Å². The van der Waals surface area contributed by atoms with Gasteiger partial charge in [-0.1, -0.05) is 37.6 Å². The van der Waals surface area contributed by atoms with Crippen molar-refractivity contribution in [1.29, 1.82) is 0 Å². The predicted octanol–water partition coefficient (Wildman–Crippen LogP) is 3.46. The number of benzene rings is 1. The number of anilines is 2. The first kappa shape index (κ1) is 15.4. The summed E-state index contributed by atoms with van der Waals surface area (Å²) < 4.78 is 5.21. The molecule has 0 aliphatic rings. The third kappa shape index (κ3) is 3.76. The van der Waals surface area contributed by atoms with E-state index in [0.29, 0.717) is 34.8 Å². The van der Waals surface area contributed by atoms with Crippen LogP contribution in [0.25, 0.3) is 0 Å². The molecule has 0 amide bonds. The van der Waals surface area contributed by atoms with Crippen LogP contribution < -0.4 is 15.8 Å². The van der Waals surface area contributed by atoms with Gasteiger partial charge in [-0.2, -0.15) is 4.98 Å². The summed E-state index contributed by atoms with van der Waals surface area (Å²) in [7, 11) is 1.55. The van der Waals surface area contributed by atoms with Crippen molar-refractivity contribution < 1.29 is 4.74 Å². The van der Waals surface area contributed by atoms with Crippen LogP contribution in [0.15, 0.2) is 24.3 Å². The van der Waals surface area contributed by atoms with E-state index in [0.717, 1.165) is 5.56 Å². The monoisotopic (exact) mass is 306 g/mol. The maximum absolute atomic E-state index is 6.02. The molecule has 1 heterocycles. The number of aromatic nitrogens is 2. The first-order chi connectivity index (χ1) is 10.0. The van der Waals surface area contributed by atoms with Gasteiger partial charge in [-0.05, 0) is 17.7 Å². The third-order valence-electron chi connectivity index (χ3n) is 3.01. The highest BCUT2D eigenvalue weighted by Crippen LogP contribution is 2.28. The molecule has 0 bridgehead atoms. The average molecular weight is 307 g/mol. The Hall–Kier alpha value is -2.01. The SMILES string of the molecule is COc1nc(C(C)C)nc(NCc2ccc(Cl)cc2)c1N. The van der Waals surface area contributed by atoms with Gasteiger partial charge in [-0.3, -0.25) is 0 Å². The molecule has 0 radical (unpaired) electrons. The maximum Gasteiger partial charge on any atom is 0.242 e. The molecule has 0 atom stereocenters. The van der Waals surface area contributed by atoms with E-state index in [-0.39, 0.29) is 5.92 Å². The van der Waals surface area contributed by atoms with Crippen molar-refractivity contribution in [2.45, 2.75) is 26.3 Å². The Morgan fingerprint density at radius 2 is 1.90 bits per heavy atom. The zero-order chi connectivity index (χ0) is 15.4. The fourth-order valence-corrected chi connectivity index (χ4v) is 1.93. The fourth-order valence-electron chi connectivity index (χ4n) is 1.80. The van der Waals surface area contributed by atoms with Crippen molar-refractivity contribution in [1.82, 2.24) is 9.97 Å². The number of halogens is 1. The van der Waals surface area contributed by atoms with Gasteiger partial charge < -0.3 is 15.8 Å². The first-order valence-electron chi connectivity index (χ1n) is 6.71. The summed E-state index contributed by atoms with van der Waals surface area (Å²) in [6, 6.07) is 7.60. The van der Waals surface area contributed by atoms with E-state index < -0.39 is 0 Å². The van der Waals surface area contributed by atoms with Gasteiger partial charge in [-0.15, -0.1) is 0 Å². The summed E-state index contributed by atoms with van der Waals surface area (Å²) in [4.78, 5) is 8.76. The Kier molecular flexibility index (Phi) is 4.85. The minimum absolute atomic E-state index is 0.190. The van der Waals surface area contributed by atoms with Crippen LogP contribution in [0.2, 0.25) is 5.02 Å². The molecule has 1 aromatic carbocycles. The molecule has 6 heteroatoms. The molecule has 21 heavy (non-hydrogen) atoms. The summed E-state index contributed by atoms with van der Waals surface area (Å²) >= 11 is 5.87. The molecule has 0 saturated heterocycles. The number of rotatable bonds is 5. The van der Waals surface area contributed by atoms with E-state index in [1.165, 1.54) is 0 Å². The lowest BCUT2D eigenvalue weighted by Crippen LogP contribution is -2.10. The van der Waals surface area contributed by atoms with E-state index in [1.807, 2.05) is 38.1 Å². The number of hydrogen-bond donors (Lipinski definition) is 2. The van der Waals surface area contributed by atoms with Gasteiger partial charge in [0.1, 0.15) is 11.5 Å². The lowest BCUT2D eigenvalue weighted by molar-refractivity contribution is 0.396. The molecule has 2 rings (SSSR count). The van der Waals surface area contributed by atoms with E-state index in [2.05, 4.69) is 15.3 Å². The number of ether oxygens (including phenoxy) is 1. The van der Waals surface area contributed by atoms with Crippen molar-refractivity contribution in [3.8, 4) is 5.88 Å². The quantitative estimate of drug-likeness (QED) is 0.885. The third-order valence-corrected chi connectivity index (χ3v) is 3.26. The van der Waals surface area contributed by atoms with Crippen molar-refractivity contribution in [3.63, 3.8) is 0 Å². The summed E-state index contributed by atoms with van der Waals surface area (Å²) in [6.45, 7) is 4.64. The molecular formula is C15H19ClN4O. The number of nitrogens with two attached hydrogens (primary N) is 1. The molecule has 3 N–H and O–H groups in total. The molecule has 0 fully saturated rings. The fraction of sp³-hybridized carbons (Fsp3) is 0.333. The summed E-state index contributed by atoms with van der Waals surface area (Å²) in [5.41, 5.74) is 7.52. The van der Waals surface area contributed by atoms with Crippen molar-refractivity contribution >= 4 is 23.1 Å². The molecule has 0 spiro atoms. The summed E-state index contributed by atoms with van der Waals surface area (Å²) in [5.74, 6) is 1.86. The number of methoxy groups -OCH3 is 1. The maximum atomic E-state index is 6.02. The van der Waals surface area contributed by atoms with Crippen molar-refractivity contribution in [2.24, 2.45) is 0 Å². The Morgan fingerprint density at radius 1 is 1.24 bits per heavy atom. The number of nitrogens with zero attached hydrogens (tertiary/aromatic N) is 2. The van der Waals surface area contributed by atoms with Gasteiger partial charge in [-0.25, -0.2) is 4.98 Å². The highest BCUT2D eigenvalue weighted by atomic mass is 35.5. The molecule has 5 nitrogen and oxygen atoms in total. The highest BCUT2D eigenvalue weighted by molar-refractivity contribution is 6.30. The van der Waals surface area contributed by atoms with Crippen LogP contribution in [-0.4, -0.2) is 17.1 Å². The largest absolute Gasteiger partial charge is 0.479 e. The Morgan fingerprint density at radius 3 is 2.48 bits per heavy atom. The average Bonchev–Trinajstić information content (AvgIpc) is 2.47. The Balaban J connectivity index is 2.22. The second-order valence-electron chi connectivity index (χ2n) is 4.99. The topological polar surface area (TPSA) is 73.1 Å². The Bertz CT molecular complexity index is 614. The van der Waals surface area contributed by atoms with Crippen LogP contribution in [0.1, 0.15) is 31.2 Å². The van der Waals surface area contributed by atoms with E-state index in [1.54, 1.807) is 7.11 Å². The number of nitrogen functional groups attached to an aromatic ring is 1. The van der Waals surface area contributed by atoms with E-state index in [4.69, 9.17) is 22.1 Å². The van der Waals surface area contributed by atoms with Crippen LogP contribution in [0.3, 0.4) is 0 Å². The molecule has 0 saturated carbocycles. The van der Waals surface area contributed by atoms with Crippen LogP contribution in [0.5, 0.6) is 5.88 Å². The van der Waals surface area contributed by atoms with Gasteiger partial charge in [0.15, 0.2) is 5.82 Å².